The van der Waals surface area contributed by atoms with E-state index < -0.39 is 5.60 Å². The zero-order valence-corrected chi connectivity index (χ0v) is 14.9. The summed E-state index contributed by atoms with van der Waals surface area (Å²) in [6.45, 7) is 9.88. The Kier molecular flexibility index (Phi) is 4.58. The molecule has 1 aromatic carbocycles. The quantitative estimate of drug-likeness (QED) is 0.923. The Balaban J connectivity index is 1.59. The average Bonchev–Trinajstić information content (AvgIpc) is 2.83. The Morgan fingerprint density at radius 2 is 1.92 bits per heavy atom. The third kappa shape index (κ3) is 3.57. The van der Waals surface area contributed by atoms with Crippen molar-refractivity contribution in [2.75, 3.05) is 32.8 Å². The second-order valence-electron chi connectivity index (χ2n) is 8.23. The van der Waals surface area contributed by atoms with Crippen molar-refractivity contribution in [1.82, 2.24) is 9.80 Å². The molecular formula is C19H28N2O3. The third-order valence-electron chi connectivity index (χ3n) is 5.02. The van der Waals surface area contributed by atoms with E-state index in [-0.39, 0.29) is 24.0 Å². The van der Waals surface area contributed by atoms with Gasteiger partial charge in [0.05, 0.1) is 0 Å². The highest BCUT2D eigenvalue weighted by Gasteiger charge is 2.55. The van der Waals surface area contributed by atoms with Gasteiger partial charge in [0.15, 0.2) is 0 Å². The molecule has 0 bridgehead atoms. The van der Waals surface area contributed by atoms with Crippen LogP contribution in [0.5, 0.6) is 0 Å². The van der Waals surface area contributed by atoms with E-state index >= 15 is 0 Å². The summed E-state index contributed by atoms with van der Waals surface area (Å²) in [6, 6.07) is 10.4. The fourth-order valence-corrected chi connectivity index (χ4v) is 3.89. The van der Waals surface area contributed by atoms with Gasteiger partial charge < -0.3 is 14.7 Å². The van der Waals surface area contributed by atoms with Crippen molar-refractivity contribution < 1.29 is 14.6 Å². The first kappa shape index (κ1) is 17.2. The van der Waals surface area contributed by atoms with E-state index in [1.807, 2.05) is 26.8 Å². The Hall–Kier alpha value is -1.59. The van der Waals surface area contributed by atoms with Crippen LogP contribution >= 0.6 is 0 Å². The molecule has 3 rings (SSSR count). The highest BCUT2D eigenvalue weighted by molar-refractivity contribution is 5.69. The minimum Gasteiger partial charge on any atom is -0.444 e. The van der Waals surface area contributed by atoms with Gasteiger partial charge in [-0.1, -0.05) is 30.3 Å². The Labute approximate surface area is 144 Å². The standard InChI is InChI=1S/C19H28N2O3/c1-18(2,3)24-17(23)21-13-19(14-21)12-20(10-16(19)11-22)9-15-7-5-4-6-8-15/h4-8,16,22H,9-14H2,1-3H3/t16-/m0/s1. The van der Waals surface area contributed by atoms with Gasteiger partial charge >= 0.3 is 6.09 Å². The van der Waals surface area contributed by atoms with Crippen molar-refractivity contribution in [3.05, 3.63) is 35.9 Å². The first-order chi connectivity index (χ1) is 11.3. The maximum absolute atomic E-state index is 12.2. The lowest BCUT2D eigenvalue weighted by Gasteiger charge is -2.50. The number of carbonyl (C=O) groups excluding carboxylic acids is 1. The number of amides is 1. The number of ether oxygens (including phenoxy) is 1. The molecule has 2 aliphatic rings. The van der Waals surface area contributed by atoms with Gasteiger partial charge in [0.25, 0.3) is 0 Å². The van der Waals surface area contributed by atoms with E-state index in [2.05, 4.69) is 29.2 Å². The second kappa shape index (κ2) is 6.37. The molecule has 1 aromatic rings. The number of hydrogen-bond donors (Lipinski definition) is 1. The molecule has 2 saturated heterocycles. The van der Waals surface area contributed by atoms with Crippen molar-refractivity contribution in [3.63, 3.8) is 0 Å². The predicted molar refractivity (Wildman–Crippen MR) is 92.5 cm³/mol. The average molecular weight is 332 g/mol. The molecule has 0 radical (unpaired) electrons. The smallest absolute Gasteiger partial charge is 0.410 e. The summed E-state index contributed by atoms with van der Waals surface area (Å²) in [6.07, 6.45) is -0.244. The Morgan fingerprint density at radius 3 is 2.50 bits per heavy atom. The van der Waals surface area contributed by atoms with Crippen LogP contribution in [0.4, 0.5) is 4.79 Å². The molecule has 2 fully saturated rings. The van der Waals surface area contributed by atoms with Crippen LogP contribution in [-0.4, -0.2) is 59.4 Å². The molecule has 1 atom stereocenters. The summed E-state index contributed by atoms with van der Waals surface area (Å²) in [5.74, 6) is 0.222. The molecular weight excluding hydrogens is 304 g/mol. The maximum Gasteiger partial charge on any atom is 0.410 e. The van der Waals surface area contributed by atoms with Gasteiger partial charge in [0.2, 0.25) is 0 Å². The van der Waals surface area contributed by atoms with E-state index in [9.17, 15) is 9.90 Å². The summed E-state index contributed by atoms with van der Waals surface area (Å²) < 4.78 is 5.45. The van der Waals surface area contributed by atoms with E-state index in [4.69, 9.17) is 4.74 Å². The lowest BCUT2D eigenvalue weighted by atomic mass is 9.72. The van der Waals surface area contributed by atoms with Crippen LogP contribution in [0.3, 0.4) is 0 Å². The summed E-state index contributed by atoms with van der Waals surface area (Å²) in [7, 11) is 0. The molecule has 1 amide bonds. The number of benzene rings is 1. The van der Waals surface area contributed by atoms with Crippen LogP contribution in [-0.2, 0) is 11.3 Å². The molecule has 5 nitrogen and oxygen atoms in total. The van der Waals surface area contributed by atoms with Crippen LogP contribution in [0.15, 0.2) is 30.3 Å². The van der Waals surface area contributed by atoms with Gasteiger partial charge in [-0.2, -0.15) is 0 Å². The van der Waals surface area contributed by atoms with Crippen molar-refractivity contribution >= 4 is 6.09 Å². The number of aliphatic hydroxyl groups excluding tert-OH is 1. The number of rotatable bonds is 3. The Morgan fingerprint density at radius 1 is 1.25 bits per heavy atom. The van der Waals surface area contributed by atoms with Gasteiger partial charge in [-0.25, -0.2) is 4.79 Å². The summed E-state index contributed by atoms with van der Waals surface area (Å²) in [5.41, 5.74) is 0.834. The largest absolute Gasteiger partial charge is 0.444 e. The molecule has 0 aromatic heterocycles. The molecule has 0 saturated carbocycles. The van der Waals surface area contributed by atoms with Crippen molar-refractivity contribution in [1.29, 1.82) is 0 Å². The number of nitrogens with zero attached hydrogens (tertiary/aromatic N) is 2. The molecule has 5 heteroatoms. The molecule has 132 valence electrons. The van der Waals surface area contributed by atoms with Crippen LogP contribution < -0.4 is 0 Å². The Bertz CT molecular complexity index is 576. The molecule has 2 heterocycles. The minimum absolute atomic E-state index is 0.0143. The molecule has 1 N–H and O–H groups in total. The number of aliphatic hydroxyl groups is 1. The summed E-state index contributed by atoms with van der Waals surface area (Å²) >= 11 is 0. The van der Waals surface area contributed by atoms with Gasteiger partial charge in [-0.3, -0.25) is 4.90 Å². The molecule has 2 aliphatic heterocycles. The van der Waals surface area contributed by atoms with Gasteiger partial charge in [0.1, 0.15) is 5.60 Å². The van der Waals surface area contributed by atoms with E-state index in [1.54, 1.807) is 4.90 Å². The van der Waals surface area contributed by atoms with Gasteiger partial charge in [-0.15, -0.1) is 0 Å². The van der Waals surface area contributed by atoms with E-state index in [0.717, 1.165) is 19.6 Å². The molecule has 0 aliphatic carbocycles. The molecule has 0 unspecified atom stereocenters. The topological polar surface area (TPSA) is 53.0 Å². The summed E-state index contributed by atoms with van der Waals surface area (Å²) in [5, 5.41) is 9.80. The van der Waals surface area contributed by atoms with Gasteiger partial charge in [0, 0.05) is 50.7 Å². The third-order valence-corrected chi connectivity index (χ3v) is 5.02. The van der Waals surface area contributed by atoms with Gasteiger partial charge in [-0.05, 0) is 26.3 Å². The minimum atomic E-state index is -0.467. The lowest BCUT2D eigenvalue weighted by Crippen LogP contribution is -2.63. The van der Waals surface area contributed by atoms with Crippen LogP contribution in [0.1, 0.15) is 26.3 Å². The maximum atomic E-state index is 12.2. The van der Waals surface area contributed by atoms with Crippen molar-refractivity contribution in [3.8, 4) is 0 Å². The highest BCUT2D eigenvalue weighted by Crippen LogP contribution is 2.44. The monoisotopic (exact) mass is 332 g/mol. The normalized spacial score (nSPS) is 23.3. The fraction of sp³-hybridized carbons (Fsp3) is 0.632. The number of hydrogen-bond acceptors (Lipinski definition) is 4. The lowest BCUT2D eigenvalue weighted by molar-refractivity contribution is -0.0531. The number of carbonyl (C=O) groups is 1. The second-order valence-corrected chi connectivity index (χ2v) is 8.23. The van der Waals surface area contributed by atoms with E-state index in [1.165, 1.54) is 5.56 Å². The van der Waals surface area contributed by atoms with Crippen molar-refractivity contribution in [2.24, 2.45) is 11.3 Å². The van der Waals surface area contributed by atoms with E-state index in [0.29, 0.717) is 13.1 Å². The zero-order valence-electron chi connectivity index (χ0n) is 14.9. The van der Waals surface area contributed by atoms with Crippen molar-refractivity contribution in [2.45, 2.75) is 32.9 Å². The van der Waals surface area contributed by atoms with Crippen LogP contribution in [0.2, 0.25) is 0 Å². The SMILES string of the molecule is CC(C)(C)OC(=O)N1CC2(CN(Cc3ccccc3)C[C@H]2CO)C1. The number of likely N-dealkylation sites (tertiary alicyclic amines) is 2. The predicted octanol–water partition coefficient (Wildman–Crippen LogP) is 2.35. The first-order valence-electron chi connectivity index (χ1n) is 8.66. The fourth-order valence-electron chi connectivity index (χ4n) is 3.89. The highest BCUT2D eigenvalue weighted by atomic mass is 16.6. The summed E-state index contributed by atoms with van der Waals surface area (Å²) in [4.78, 5) is 16.3. The molecule has 24 heavy (non-hydrogen) atoms. The van der Waals surface area contributed by atoms with Crippen LogP contribution in [0, 0.1) is 11.3 Å². The van der Waals surface area contributed by atoms with Crippen LogP contribution in [0.25, 0.3) is 0 Å². The first-order valence-corrected chi connectivity index (χ1v) is 8.66. The zero-order chi connectivity index (χ0) is 17.4. The molecule has 1 spiro atoms.